The van der Waals surface area contributed by atoms with E-state index in [1.54, 1.807) is 6.92 Å². The van der Waals surface area contributed by atoms with Crippen molar-refractivity contribution in [1.82, 2.24) is 0 Å². The third-order valence-corrected chi connectivity index (χ3v) is 5.41. The minimum Gasteiger partial charge on any atom is -0.489 e. The Morgan fingerprint density at radius 3 is 2.58 bits per heavy atom. The Kier molecular flexibility index (Phi) is 7.07. The molecule has 0 fully saturated rings. The average Bonchev–Trinajstić information content (AvgIpc) is 3.26. The maximum atomic E-state index is 12.0. The lowest BCUT2D eigenvalue weighted by Gasteiger charge is -2.13. The van der Waals surface area contributed by atoms with E-state index in [2.05, 4.69) is 12.1 Å². The number of carbonyl (C=O) groups excluding carboxylic acids is 1. The summed E-state index contributed by atoms with van der Waals surface area (Å²) in [6, 6.07) is 21.7. The second kappa shape index (κ2) is 10.3. The van der Waals surface area contributed by atoms with E-state index in [9.17, 15) is 4.79 Å². The van der Waals surface area contributed by atoms with Crippen LogP contribution in [-0.4, -0.2) is 12.6 Å². The molecule has 1 aromatic heterocycles. The van der Waals surface area contributed by atoms with E-state index in [0.717, 1.165) is 44.5 Å². The molecule has 4 N–H and O–H groups in total. The molecule has 0 spiro atoms. The van der Waals surface area contributed by atoms with Gasteiger partial charge in [0.15, 0.2) is 0 Å². The molecule has 0 aliphatic rings. The summed E-state index contributed by atoms with van der Waals surface area (Å²) >= 11 is 0. The van der Waals surface area contributed by atoms with Gasteiger partial charge in [-0.2, -0.15) is 0 Å². The predicted octanol–water partition coefficient (Wildman–Crippen LogP) is 4.70. The quantitative estimate of drug-likeness (QED) is 0.363. The first kappa shape index (κ1) is 22.6. The van der Waals surface area contributed by atoms with E-state index in [-0.39, 0.29) is 12.4 Å². The molecule has 6 nitrogen and oxygen atoms in total. The van der Waals surface area contributed by atoms with Crippen LogP contribution in [0.25, 0.3) is 22.1 Å². The van der Waals surface area contributed by atoms with Gasteiger partial charge in [0.05, 0.1) is 19.6 Å². The molecule has 1 heterocycles. The third kappa shape index (κ3) is 5.25. The van der Waals surface area contributed by atoms with Crippen LogP contribution in [0.1, 0.15) is 29.4 Å². The van der Waals surface area contributed by atoms with Gasteiger partial charge in [-0.15, -0.1) is 0 Å². The molecule has 4 aromatic rings. The summed E-state index contributed by atoms with van der Waals surface area (Å²) in [4.78, 5) is 12.0. The Hall–Kier alpha value is -3.61. The topological polar surface area (TPSA) is 101 Å². The van der Waals surface area contributed by atoms with Gasteiger partial charge in [-0.3, -0.25) is 4.79 Å². The lowest BCUT2D eigenvalue weighted by molar-refractivity contribution is -0.142. The molecule has 0 bridgehead atoms. The number of hydrogen-bond acceptors (Lipinski definition) is 6. The Balaban J connectivity index is 1.66. The number of ether oxygens (including phenoxy) is 2. The second-order valence-electron chi connectivity index (χ2n) is 7.76. The zero-order valence-electron chi connectivity index (χ0n) is 18.7. The Labute approximate surface area is 193 Å². The van der Waals surface area contributed by atoms with E-state index in [1.165, 1.54) is 0 Å². The van der Waals surface area contributed by atoms with Crippen molar-refractivity contribution in [3.05, 3.63) is 89.2 Å². The summed E-state index contributed by atoms with van der Waals surface area (Å²) in [5, 5.41) is 0.963. The van der Waals surface area contributed by atoms with Crippen molar-refractivity contribution in [3.8, 4) is 16.9 Å². The molecule has 0 unspecified atom stereocenters. The van der Waals surface area contributed by atoms with Crippen LogP contribution < -0.4 is 16.2 Å². The van der Waals surface area contributed by atoms with Crippen LogP contribution in [0.5, 0.6) is 5.75 Å². The average molecular weight is 445 g/mol. The third-order valence-electron chi connectivity index (χ3n) is 5.41. The smallest absolute Gasteiger partial charge is 0.310 e. The Morgan fingerprint density at radius 2 is 1.79 bits per heavy atom. The van der Waals surface area contributed by atoms with Gasteiger partial charge in [-0.1, -0.05) is 36.4 Å². The van der Waals surface area contributed by atoms with Gasteiger partial charge < -0.3 is 25.4 Å². The van der Waals surface area contributed by atoms with Crippen molar-refractivity contribution in [1.29, 1.82) is 0 Å². The standard InChI is InChI=1S/C27H28N2O4/c1-2-31-26(30)14-21-7-3-4-9-25(21)32-17-19-11-22-13-23(16-29)33-27(22)24(12-19)20-8-5-6-18(10-20)15-28/h3-13H,2,14-17,28-29H2,1H3. The summed E-state index contributed by atoms with van der Waals surface area (Å²) in [6.07, 6.45) is 0.168. The number of carbonyl (C=O) groups is 1. The van der Waals surface area contributed by atoms with Crippen molar-refractivity contribution in [2.45, 2.75) is 33.0 Å². The molecule has 33 heavy (non-hydrogen) atoms. The molecule has 0 atom stereocenters. The van der Waals surface area contributed by atoms with Crippen molar-refractivity contribution < 1.29 is 18.7 Å². The molecule has 6 heteroatoms. The van der Waals surface area contributed by atoms with Crippen molar-refractivity contribution in [2.75, 3.05) is 6.61 Å². The van der Waals surface area contributed by atoms with Gasteiger partial charge >= 0.3 is 5.97 Å². The molecule has 0 saturated heterocycles. The predicted molar refractivity (Wildman–Crippen MR) is 129 cm³/mol. The van der Waals surface area contributed by atoms with Gasteiger partial charge in [-0.25, -0.2) is 0 Å². The van der Waals surface area contributed by atoms with E-state index >= 15 is 0 Å². The lowest BCUT2D eigenvalue weighted by Crippen LogP contribution is -2.09. The zero-order chi connectivity index (χ0) is 23.2. The lowest BCUT2D eigenvalue weighted by atomic mass is 9.99. The van der Waals surface area contributed by atoms with Gasteiger partial charge in [-0.05, 0) is 53.9 Å². The zero-order valence-corrected chi connectivity index (χ0v) is 18.7. The normalized spacial score (nSPS) is 11.0. The minimum absolute atomic E-state index is 0.168. The number of rotatable bonds is 9. The molecule has 4 rings (SSSR count). The first-order chi connectivity index (χ1) is 16.1. The van der Waals surface area contributed by atoms with Crippen LogP contribution in [0.15, 0.2) is 71.1 Å². The molecular formula is C27H28N2O4. The van der Waals surface area contributed by atoms with E-state index in [0.29, 0.717) is 32.1 Å². The molecule has 0 aliphatic heterocycles. The fourth-order valence-electron chi connectivity index (χ4n) is 3.85. The van der Waals surface area contributed by atoms with Crippen LogP contribution in [0.4, 0.5) is 0 Å². The molecule has 0 radical (unpaired) electrons. The first-order valence-electron chi connectivity index (χ1n) is 11.0. The molecule has 0 saturated carbocycles. The highest BCUT2D eigenvalue weighted by Crippen LogP contribution is 2.33. The number of fused-ring (bicyclic) bond motifs is 1. The number of para-hydroxylation sites is 1. The number of nitrogens with two attached hydrogens (primary N) is 2. The molecule has 0 amide bonds. The van der Waals surface area contributed by atoms with E-state index < -0.39 is 0 Å². The fraction of sp³-hybridized carbons (Fsp3) is 0.222. The summed E-state index contributed by atoms with van der Waals surface area (Å²) in [7, 11) is 0. The van der Waals surface area contributed by atoms with E-state index in [1.807, 2.05) is 54.6 Å². The number of benzene rings is 3. The Morgan fingerprint density at radius 1 is 0.939 bits per heavy atom. The maximum Gasteiger partial charge on any atom is 0.310 e. The molecule has 170 valence electrons. The molecule has 3 aromatic carbocycles. The number of hydrogen-bond donors (Lipinski definition) is 2. The first-order valence-corrected chi connectivity index (χ1v) is 11.0. The van der Waals surface area contributed by atoms with Crippen LogP contribution in [0.3, 0.4) is 0 Å². The summed E-state index contributed by atoms with van der Waals surface area (Å²) in [5.74, 6) is 1.11. The number of esters is 1. The van der Waals surface area contributed by atoms with Crippen LogP contribution >= 0.6 is 0 Å². The highest BCUT2D eigenvalue weighted by Gasteiger charge is 2.14. The fourth-order valence-corrected chi connectivity index (χ4v) is 3.85. The Bertz CT molecular complexity index is 1260. The molecule has 0 aliphatic carbocycles. The van der Waals surface area contributed by atoms with Gasteiger partial charge in [0, 0.05) is 23.1 Å². The second-order valence-corrected chi connectivity index (χ2v) is 7.76. The van der Waals surface area contributed by atoms with Crippen LogP contribution in [0, 0.1) is 0 Å². The van der Waals surface area contributed by atoms with Crippen molar-refractivity contribution in [3.63, 3.8) is 0 Å². The van der Waals surface area contributed by atoms with Crippen molar-refractivity contribution >= 4 is 16.9 Å². The van der Waals surface area contributed by atoms with Crippen molar-refractivity contribution in [2.24, 2.45) is 11.5 Å². The van der Waals surface area contributed by atoms with Gasteiger partial charge in [0.1, 0.15) is 23.7 Å². The minimum atomic E-state index is -0.273. The summed E-state index contributed by atoms with van der Waals surface area (Å²) in [6.45, 7) is 3.27. The van der Waals surface area contributed by atoms with Crippen LogP contribution in [-0.2, 0) is 35.6 Å². The highest BCUT2D eigenvalue weighted by atomic mass is 16.5. The van der Waals surface area contributed by atoms with Gasteiger partial charge in [0.25, 0.3) is 0 Å². The maximum absolute atomic E-state index is 12.0. The van der Waals surface area contributed by atoms with Gasteiger partial charge in [0.2, 0.25) is 0 Å². The summed E-state index contributed by atoms with van der Waals surface area (Å²) < 4.78 is 17.3. The van der Waals surface area contributed by atoms with E-state index in [4.69, 9.17) is 25.4 Å². The monoisotopic (exact) mass is 444 g/mol. The highest BCUT2D eigenvalue weighted by molar-refractivity contribution is 5.93. The van der Waals surface area contributed by atoms with Crippen LogP contribution in [0.2, 0.25) is 0 Å². The largest absolute Gasteiger partial charge is 0.489 e. The summed E-state index contributed by atoms with van der Waals surface area (Å²) in [5.41, 5.74) is 17.3. The SMILES string of the molecule is CCOC(=O)Cc1ccccc1OCc1cc(-c2cccc(CN)c2)c2oc(CN)cc2c1. The number of furan rings is 1. The molecular weight excluding hydrogens is 416 g/mol.